The third kappa shape index (κ3) is 6.19. The van der Waals surface area contributed by atoms with Crippen molar-refractivity contribution in [2.75, 3.05) is 0 Å². The molecule has 0 radical (unpaired) electrons. The Morgan fingerprint density at radius 2 is 1.21 bits per heavy atom. The van der Waals surface area contributed by atoms with Crippen LogP contribution in [-0.2, 0) is 27.7 Å². The normalized spacial score (nSPS) is 10.5. The lowest BCUT2D eigenvalue weighted by molar-refractivity contribution is -0.150. The maximum Gasteiger partial charge on any atom is 0.709 e. The summed E-state index contributed by atoms with van der Waals surface area (Å²) >= 11 is 0. The van der Waals surface area contributed by atoms with E-state index in [0.29, 0.717) is 0 Å². The van der Waals surface area contributed by atoms with Gasteiger partial charge in [0.15, 0.2) is 0 Å². The molecule has 0 fully saturated rings. The second kappa shape index (κ2) is 8.47. The van der Waals surface area contributed by atoms with Gasteiger partial charge < -0.3 is 13.3 Å². The van der Waals surface area contributed by atoms with E-state index in [1.807, 2.05) is 0 Å². The van der Waals surface area contributed by atoms with E-state index in [4.69, 9.17) is 13.3 Å². The molecule has 6 nitrogen and oxygen atoms in total. The SMILES string of the molecule is C=CC[Si](OC(=O)CC)(OC(=O)CC)OC(=O)CC. The highest BCUT2D eigenvalue weighted by atomic mass is 28.4. The largest absolute Gasteiger partial charge is 0.709 e. The molecule has 0 unspecified atom stereocenters. The van der Waals surface area contributed by atoms with Crippen molar-refractivity contribution in [1.29, 1.82) is 0 Å². The molecule has 7 heteroatoms. The Morgan fingerprint density at radius 3 is 1.42 bits per heavy atom. The van der Waals surface area contributed by atoms with Gasteiger partial charge in [0.2, 0.25) is 0 Å². The van der Waals surface area contributed by atoms with Gasteiger partial charge in [-0.25, -0.2) is 0 Å². The third-order valence-corrected chi connectivity index (χ3v) is 4.47. The lowest BCUT2D eigenvalue weighted by Gasteiger charge is -2.26. The van der Waals surface area contributed by atoms with Gasteiger partial charge in [-0.15, -0.1) is 6.58 Å². The predicted octanol–water partition coefficient (Wildman–Crippen LogP) is 1.97. The first-order chi connectivity index (χ1) is 8.92. The minimum absolute atomic E-state index is 0.0101. The van der Waals surface area contributed by atoms with Crippen LogP contribution >= 0.6 is 0 Å². The maximum atomic E-state index is 11.4. The Morgan fingerprint density at radius 1 is 0.895 bits per heavy atom. The van der Waals surface area contributed by atoms with E-state index in [1.54, 1.807) is 20.8 Å². The second-order valence-corrected chi connectivity index (χ2v) is 6.05. The topological polar surface area (TPSA) is 78.9 Å². The van der Waals surface area contributed by atoms with Crippen molar-refractivity contribution in [2.24, 2.45) is 0 Å². The monoisotopic (exact) mass is 288 g/mol. The van der Waals surface area contributed by atoms with Gasteiger partial charge in [-0.05, 0) is 0 Å². The number of carbonyl (C=O) groups is 3. The third-order valence-electron chi connectivity index (χ3n) is 2.07. The van der Waals surface area contributed by atoms with Gasteiger partial charge in [0.05, 0.1) is 6.04 Å². The van der Waals surface area contributed by atoms with Crippen LogP contribution < -0.4 is 0 Å². The van der Waals surface area contributed by atoms with Gasteiger partial charge >= 0.3 is 8.80 Å². The van der Waals surface area contributed by atoms with Gasteiger partial charge in [-0.2, -0.15) is 0 Å². The summed E-state index contributed by atoms with van der Waals surface area (Å²) in [6, 6.07) is 0.0101. The van der Waals surface area contributed by atoms with E-state index in [9.17, 15) is 14.4 Å². The summed E-state index contributed by atoms with van der Waals surface area (Å²) in [6.45, 7) is 8.29. The molecule has 19 heavy (non-hydrogen) atoms. The molecule has 0 aromatic carbocycles. The first-order valence-electron chi connectivity index (χ1n) is 6.19. The van der Waals surface area contributed by atoms with Crippen LogP contribution in [0.1, 0.15) is 40.0 Å². The zero-order chi connectivity index (χ0) is 14.9. The fourth-order valence-electron chi connectivity index (χ4n) is 1.10. The van der Waals surface area contributed by atoms with Crippen molar-refractivity contribution < 1.29 is 27.7 Å². The smallest absolute Gasteiger partial charge is 0.455 e. The lowest BCUT2D eigenvalue weighted by atomic mass is 10.5. The number of rotatable bonds is 8. The van der Waals surface area contributed by atoms with E-state index in [2.05, 4.69) is 6.58 Å². The number of hydrogen-bond acceptors (Lipinski definition) is 6. The van der Waals surface area contributed by atoms with Crippen molar-refractivity contribution in [1.82, 2.24) is 0 Å². The van der Waals surface area contributed by atoms with Crippen LogP contribution in [0.5, 0.6) is 0 Å². The minimum atomic E-state index is -3.71. The number of hydrogen-bond donors (Lipinski definition) is 0. The van der Waals surface area contributed by atoms with Crippen LogP contribution in [0.3, 0.4) is 0 Å². The molecule has 0 saturated heterocycles. The van der Waals surface area contributed by atoms with E-state index in [1.165, 1.54) is 6.08 Å². The van der Waals surface area contributed by atoms with Gasteiger partial charge in [0.1, 0.15) is 0 Å². The van der Waals surface area contributed by atoms with Gasteiger partial charge in [0, 0.05) is 19.3 Å². The zero-order valence-electron chi connectivity index (χ0n) is 11.6. The van der Waals surface area contributed by atoms with Crippen LogP contribution in [0.25, 0.3) is 0 Å². The molecule has 0 N–H and O–H groups in total. The van der Waals surface area contributed by atoms with E-state index in [-0.39, 0.29) is 25.3 Å². The van der Waals surface area contributed by atoms with Crippen LogP contribution in [0.15, 0.2) is 12.7 Å². The average molecular weight is 288 g/mol. The summed E-state index contributed by atoms with van der Waals surface area (Å²) in [4.78, 5) is 34.3. The molecule has 0 bridgehead atoms. The quantitative estimate of drug-likeness (QED) is 0.502. The van der Waals surface area contributed by atoms with E-state index >= 15 is 0 Å². The summed E-state index contributed by atoms with van der Waals surface area (Å²) in [6.07, 6.45) is 1.69. The van der Waals surface area contributed by atoms with Crippen LogP contribution in [-0.4, -0.2) is 26.7 Å². The second-order valence-electron chi connectivity index (χ2n) is 3.66. The molecule has 0 heterocycles. The van der Waals surface area contributed by atoms with Crippen molar-refractivity contribution >= 4 is 26.7 Å². The Bertz CT molecular complexity index is 307. The molecule has 0 aliphatic rings. The Balaban J connectivity index is 5.18. The summed E-state index contributed by atoms with van der Waals surface area (Å²) in [5.41, 5.74) is 0. The Labute approximate surface area is 114 Å². The zero-order valence-corrected chi connectivity index (χ0v) is 12.6. The van der Waals surface area contributed by atoms with Crippen LogP contribution in [0, 0.1) is 0 Å². The minimum Gasteiger partial charge on any atom is -0.455 e. The molecular weight excluding hydrogens is 268 g/mol. The molecule has 0 aromatic heterocycles. The lowest BCUT2D eigenvalue weighted by Crippen LogP contribution is -2.49. The highest BCUT2D eigenvalue weighted by Gasteiger charge is 2.51. The molecular formula is C12H20O6Si. The first-order valence-corrected chi connectivity index (χ1v) is 8.12. The summed E-state index contributed by atoms with van der Waals surface area (Å²) < 4.78 is 15.3. The Hall–Kier alpha value is -1.63. The molecule has 0 amide bonds. The first kappa shape index (κ1) is 17.4. The van der Waals surface area contributed by atoms with Gasteiger partial charge in [-0.1, -0.05) is 26.8 Å². The fraction of sp³-hybridized carbons (Fsp3) is 0.583. The molecule has 0 saturated carbocycles. The van der Waals surface area contributed by atoms with E-state index < -0.39 is 26.7 Å². The average Bonchev–Trinajstić information content (AvgIpc) is 2.38. The fourth-order valence-corrected chi connectivity index (χ4v) is 3.30. The highest BCUT2D eigenvalue weighted by molar-refractivity contribution is 6.66. The Kier molecular flexibility index (Phi) is 7.74. The van der Waals surface area contributed by atoms with Crippen molar-refractivity contribution in [3.05, 3.63) is 12.7 Å². The van der Waals surface area contributed by atoms with Gasteiger partial charge in [-0.3, -0.25) is 14.4 Å². The molecule has 0 aliphatic carbocycles. The van der Waals surface area contributed by atoms with Gasteiger partial charge in [0.25, 0.3) is 17.9 Å². The highest BCUT2D eigenvalue weighted by Crippen LogP contribution is 2.19. The van der Waals surface area contributed by atoms with Crippen molar-refractivity contribution in [3.63, 3.8) is 0 Å². The molecule has 0 aliphatic heterocycles. The summed E-state index contributed by atoms with van der Waals surface area (Å²) in [5, 5.41) is 0. The molecule has 0 atom stereocenters. The molecule has 0 rings (SSSR count). The maximum absolute atomic E-state index is 11.4. The summed E-state index contributed by atoms with van der Waals surface area (Å²) in [5.74, 6) is -1.75. The number of allylic oxidation sites excluding steroid dienone is 1. The molecule has 0 spiro atoms. The standard InChI is InChI=1S/C12H20O6Si/c1-5-9-19(16-10(13)6-2,17-11(14)7-3)18-12(15)8-4/h5H,1,6-9H2,2-4H3. The summed E-state index contributed by atoms with van der Waals surface area (Å²) in [7, 11) is -3.71. The predicted molar refractivity (Wildman–Crippen MR) is 69.9 cm³/mol. The van der Waals surface area contributed by atoms with Crippen molar-refractivity contribution in [2.45, 2.75) is 46.1 Å². The van der Waals surface area contributed by atoms with Crippen molar-refractivity contribution in [3.8, 4) is 0 Å². The van der Waals surface area contributed by atoms with E-state index in [0.717, 1.165) is 0 Å². The molecule has 108 valence electrons. The number of carbonyl (C=O) groups excluding carboxylic acids is 3. The van der Waals surface area contributed by atoms with Crippen LogP contribution in [0.2, 0.25) is 6.04 Å². The molecule has 0 aromatic rings. The van der Waals surface area contributed by atoms with Crippen LogP contribution in [0.4, 0.5) is 0 Å².